The number of amides is 5. The van der Waals surface area contributed by atoms with Gasteiger partial charge in [0.05, 0.1) is 0 Å². The van der Waals surface area contributed by atoms with Crippen LogP contribution < -0.4 is 20.9 Å². The first-order valence-electron chi connectivity index (χ1n) is 19.0. The van der Waals surface area contributed by atoms with Gasteiger partial charge in [-0.1, -0.05) is 18.6 Å². The van der Waals surface area contributed by atoms with Crippen LogP contribution in [0.1, 0.15) is 90.4 Å². The normalized spacial score (nSPS) is 11.5. The molecule has 1 unspecified atom stereocenters. The number of hydroxylamine groups is 6. The Morgan fingerprint density at radius 1 is 0.618 bits per heavy atom. The molecule has 306 valence electrons. The molecule has 2 rings (SSSR count). The van der Waals surface area contributed by atoms with Gasteiger partial charge in [0.2, 0.25) is 29.5 Å². The van der Waals surface area contributed by atoms with Crippen LogP contribution in [-0.4, -0.2) is 127 Å². The molecular formula is C37H59N9O9. The smallest absolute Gasteiger partial charge is 0.246 e. The van der Waals surface area contributed by atoms with Gasteiger partial charge in [0.1, 0.15) is 24.4 Å². The summed E-state index contributed by atoms with van der Waals surface area (Å²) in [4.78, 5) is 70.4. The van der Waals surface area contributed by atoms with Crippen molar-refractivity contribution in [3.05, 3.63) is 48.8 Å². The number of anilines is 2. The molecule has 0 aliphatic carbocycles. The highest BCUT2D eigenvalue weighted by molar-refractivity contribution is 5.84. The first kappa shape index (κ1) is 46.4. The van der Waals surface area contributed by atoms with Crippen LogP contribution in [0.15, 0.2) is 48.8 Å². The standard InChI is InChI=1S/C37H59N9O9/c1-30(47)44(53)26-12-2-7-23-40-33(48)17-19-36(51)45(54)27-13-3-8-24-41-34(49)18-20-37(52)46(55)28-14-4-9-25-42-35(50)29-43(31-15-5-10-21-38-31)32-16-6-11-22-39-32/h5-6,10-11,15-16,21-22,36,51,53-55H,2-4,7-9,12-14,17-20,23-29H2,1H3,(H,40,48)(H,41,49)(H,42,50). The monoisotopic (exact) mass is 773 g/mol. The van der Waals surface area contributed by atoms with E-state index in [2.05, 4.69) is 25.9 Å². The molecule has 18 nitrogen and oxygen atoms in total. The second-order valence-corrected chi connectivity index (χ2v) is 13.0. The lowest BCUT2D eigenvalue weighted by Crippen LogP contribution is -2.36. The highest BCUT2D eigenvalue weighted by Crippen LogP contribution is 2.20. The van der Waals surface area contributed by atoms with Crippen molar-refractivity contribution in [1.29, 1.82) is 0 Å². The number of carbonyl (C=O) groups excluding carboxylic acids is 5. The molecule has 2 heterocycles. The van der Waals surface area contributed by atoms with Gasteiger partial charge in [0.15, 0.2) is 0 Å². The number of unbranched alkanes of at least 4 members (excludes halogenated alkanes) is 6. The van der Waals surface area contributed by atoms with E-state index < -0.39 is 18.0 Å². The van der Waals surface area contributed by atoms with Gasteiger partial charge in [-0.15, -0.1) is 0 Å². The van der Waals surface area contributed by atoms with E-state index in [0.717, 1.165) is 11.5 Å². The zero-order valence-electron chi connectivity index (χ0n) is 31.9. The van der Waals surface area contributed by atoms with Crippen LogP contribution in [-0.2, 0) is 24.0 Å². The van der Waals surface area contributed by atoms with Crippen LogP contribution in [0.4, 0.5) is 11.6 Å². The minimum Gasteiger partial charge on any atom is -0.376 e. The van der Waals surface area contributed by atoms with Gasteiger partial charge in [0.25, 0.3) is 0 Å². The number of hydrogen-bond donors (Lipinski definition) is 7. The number of nitrogens with zero attached hydrogens (tertiary/aromatic N) is 6. The molecule has 18 heteroatoms. The number of aromatic nitrogens is 2. The predicted octanol–water partition coefficient (Wildman–Crippen LogP) is 2.50. The fourth-order valence-corrected chi connectivity index (χ4v) is 5.26. The molecule has 0 aromatic carbocycles. The highest BCUT2D eigenvalue weighted by Gasteiger charge is 2.17. The van der Waals surface area contributed by atoms with Gasteiger partial charge in [-0.2, -0.15) is 5.06 Å². The van der Waals surface area contributed by atoms with Crippen molar-refractivity contribution in [2.75, 3.05) is 50.7 Å². The molecular weight excluding hydrogens is 714 g/mol. The van der Waals surface area contributed by atoms with Gasteiger partial charge in [-0.25, -0.2) is 20.1 Å². The lowest BCUT2D eigenvalue weighted by Gasteiger charge is -2.22. The SMILES string of the molecule is CC(=O)N(O)CCCCCNC(=O)CCC(O)N(O)CCCCCNC(=O)CCC(=O)N(O)CCCCCNC(=O)CN(c1ccccn1)c1ccccn1. The lowest BCUT2D eigenvalue weighted by atomic mass is 10.2. The molecule has 0 saturated heterocycles. The van der Waals surface area contributed by atoms with Crippen LogP contribution in [0, 0.1) is 0 Å². The first-order valence-corrected chi connectivity index (χ1v) is 19.0. The van der Waals surface area contributed by atoms with Crippen molar-refractivity contribution in [2.24, 2.45) is 0 Å². The predicted molar refractivity (Wildman–Crippen MR) is 202 cm³/mol. The van der Waals surface area contributed by atoms with E-state index in [1.165, 1.54) is 6.92 Å². The number of pyridine rings is 2. The number of nitrogens with one attached hydrogen (secondary N) is 3. The Labute approximate surface area is 322 Å². The van der Waals surface area contributed by atoms with E-state index in [-0.39, 0.29) is 69.6 Å². The van der Waals surface area contributed by atoms with Gasteiger partial charge >= 0.3 is 0 Å². The Hall–Kier alpha value is -4.75. The minimum absolute atomic E-state index is 0.0407. The Bertz CT molecular complexity index is 1370. The Morgan fingerprint density at radius 3 is 1.62 bits per heavy atom. The number of carbonyl (C=O) groups is 5. The van der Waals surface area contributed by atoms with E-state index in [1.807, 2.05) is 12.1 Å². The summed E-state index contributed by atoms with van der Waals surface area (Å²) in [5, 5.41) is 50.0. The molecule has 0 saturated carbocycles. The average molecular weight is 774 g/mol. The zero-order valence-corrected chi connectivity index (χ0v) is 31.9. The maximum Gasteiger partial charge on any atom is 0.246 e. The number of aliphatic hydroxyl groups excluding tert-OH is 1. The molecule has 2 aromatic rings. The third-order valence-corrected chi connectivity index (χ3v) is 8.47. The average Bonchev–Trinajstić information content (AvgIpc) is 3.19. The molecule has 0 aliphatic heterocycles. The Morgan fingerprint density at radius 2 is 1.11 bits per heavy atom. The van der Waals surface area contributed by atoms with E-state index in [0.29, 0.717) is 92.8 Å². The van der Waals surface area contributed by atoms with Crippen LogP contribution >= 0.6 is 0 Å². The second-order valence-electron chi connectivity index (χ2n) is 13.0. The second kappa shape index (κ2) is 27.8. The molecule has 0 radical (unpaired) electrons. The topological polar surface area (TPSA) is 241 Å². The summed E-state index contributed by atoms with van der Waals surface area (Å²) in [6.45, 7) is 3.09. The minimum atomic E-state index is -1.19. The van der Waals surface area contributed by atoms with Crippen molar-refractivity contribution in [3.8, 4) is 0 Å². The highest BCUT2D eigenvalue weighted by atomic mass is 16.5. The van der Waals surface area contributed by atoms with Gasteiger partial charge < -0.3 is 31.2 Å². The van der Waals surface area contributed by atoms with Crippen LogP contribution in [0.2, 0.25) is 0 Å². The molecule has 0 spiro atoms. The van der Waals surface area contributed by atoms with Gasteiger partial charge in [0, 0.05) is 77.8 Å². The third-order valence-electron chi connectivity index (χ3n) is 8.47. The summed E-state index contributed by atoms with van der Waals surface area (Å²) >= 11 is 0. The van der Waals surface area contributed by atoms with E-state index >= 15 is 0 Å². The molecule has 0 fully saturated rings. The van der Waals surface area contributed by atoms with Gasteiger partial charge in [-0.3, -0.25) is 34.4 Å². The number of hydrogen-bond acceptors (Lipinski definition) is 13. The van der Waals surface area contributed by atoms with E-state index in [4.69, 9.17) is 0 Å². The van der Waals surface area contributed by atoms with Crippen LogP contribution in [0.5, 0.6) is 0 Å². The summed E-state index contributed by atoms with van der Waals surface area (Å²) < 4.78 is 0. The largest absolute Gasteiger partial charge is 0.376 e. The van der Waals surface area contributed by atoms with Crippen molar-refractivity contribution in [3.63, 3.8) is 0 Å². The molecule has 5 amide bonds. The van der Waals surface area contributed by atoms with Crippen molar-refractivity contribution in [1.82, 2.24) is 41.1 Å². The van der Waals surface area contributed by atoms with Crippen molar-refractivity contribution >= 4 is 41.2 Å². The summed E-state index contributed by atoms with van der Waals surface area (Å²) in [5.74, 6) is -0.522. The fraction of sp³-hybridized carbons (Fsp3) is 0.595. The number of rotatable bonds is 29. The van der Waals surface area contributed by atoms with Gasteiger partial charge in [-0.05, 0) is 82.1 Å². The van der Waals surface area contributed by atoms with Crippen molar-refractivity contribution in [2.45, 2.75) is 96.6 Å². The molecule has 7 N–H and O–H groups in total. The maximum absolute atomic E-state index is 12.6. The number of aliphatic hydroxyl groups is 1. The van der Waals surface area contributed by atoms with E-state index in [1.54, 1.807) is 41.6 Å². The molecule has 1 atom stereocenters. The Kier molecular flexibility index (Phi) is 23.4. The molecule has 0 aliphatic rings. The Balaban J connectivity index is 1.45. The fourth-order valence-electron chi connectivity index (χ4n) is 5.26. The molecule has 0 bridgehead atoms. The maximum atomic E-state index is 12.6. The summed E-state index contributed by atoms with van der Waals surface area (Å²) in [7, 11) is 0. The summed E-state index contributed by atoms with van der Waals surface area (Å²) in [5.41, 5.74) is 0. The van der Waals surface area contributed by atoms with Crippen LogP contribution in [0.25, 0.3) is 0 Å². The zero-order chi connectivity index (χ0) is 40.3. The third kappa shape index (κ3) is 21.1. The van der Waals surface area contributed by atoms with Crippen molar-refractivity contribution < 1.29 is 44.7 Å². The van der Waals surface area contributed by atoms with Crippen LogP contribution in [0.3, 0.4) is 0 Å². The lowest BCUT2D eigenvalue weighted by molar-refractivity contribution is -0.198. The quantitative estimate of drug-likeness (QED) is 0.0273. The molecule has 55 heavy (non-hydrogen) atoms. The van der Waals surface area contributed by atoms with E-state index in [9.17, 15) is 44.7 Å². The first-order chi connectivity index (χ1) is 26.5. The summed E-state index contributed by atoms with van der Waals surface area (Å²) in [6.07, 6.45) is 7.69. The molecule has 2 aromatic heterocycles. The summed E-state index contributed by atoms with van der Waals surface area (Å²) in [6, 6.07) is 10.9.